The number of aryl methyl sites for hydroxylation is 2. The topological polar surface area (TPSA) is 71.8 Å². The Hall–Kier alpha value is -3.02. The van der Waals surface area contributed by atoms with E-state index in [0.717, 1.165) is 39.8 Å². The first kappa shape index (κ1) is 12.7. The third-order valence-corrected chi connectivity index (χ3v) is 3.51. The number of hydrogen-bond acceptors (Lipinski definition) is 4. The van der Waals surface area contributed by atoms with E-state index in [1.54, 1.807) is 4.52 Å². The SMILES string of the molecule is Cc1cccc(-c2[nH]c(C)nc2-c2ccc3ncnn3c2)n1. The number of fused-ring (bicyclic) bond motifs is 1. The molecular formula is C16H14N6. The van der Waals surface area contributed by atoms with Gasteiger partial charge in [-0.25, -0.2) is 14.5 Å². The molecule has 1 N–H and O–H groups in total. The van der Waals surface area contributed by atoms with E-state index < -0.39 is 0 Å². The fraction of sp³-hybridized carbons (Fsp3) is 0.125. The number of imidazole rings is 1. The summed E-state index contributed by atoms with van der Waals surface area (Å²) in [4.78, 5) is 16.7. The van der Waals surface area contributed by atoms with Crippen molar-refractivity contribution in [3.8, 4) is 22.6 Å². The molecule has 0 aliphatic carbocycles. The maximum atomic E-state index is 4.62. The van der Waals surface area contributed by atoms with Gasteiger partial charge in [0.1, 0.15) is 12.2 Å². The highest BCUT2D eigenvalue weighted by Gasteiger charge is 2.14. The van der Waals surface area contributed by atoms with Gasteiger partial charge in [-0.1, -0.05) is 6.07 Å². The monoisotopic (exact) mass is 290 g/mol. The standard InChI is InChI=1S/C16H14N6/c1-10-4-3-5-13(19-10)16-15(20-11(2)21-16)12-6-7-14-17-9-18-22(14)8-12/h3-9H,1-2H3,(H,20,21). The van der Waals surface area contributed by atoms with Crippen LogP contribution in [0, 0.1) is 13.8 Å². The second kappa shape index (κ2) is 4.77. The largest absolute Gasteiger partial charge is 0.340 e. The first-order valence-corrected chi connectivity index (χ1v) is 7.01. The summed E-state index contributed by atoms with van der Waals surface area (Å²) < 4.78 is 1.74. The molecule has 6 nitrogen and oxygen atoms in total. The number of nitrogens with one attached hydrogen (secondary N) is 1. The van der Waals surface area contributed by atoms with Crippen molar-refractivity contribution >= 4 is 5.65 Å². The Morgan fingerprint density at radius 1 is 1.05 bits per heavy atom. The van der Waals surface area contributed by atoms with Crippen LogP contribution in [0.1, 0.15) is 11.5 Å². The Bertz CT molecular complexity index is 966. The first-order valence-electron chi connectivity index (χ1n) is 7.01. The van der Waals surface area contributed by atoms with Crippen molar-refractivity contribution in [3.05, 3.63) is 54.4 Å². The van der Waals surface area contributed by atoms with Crippen molar-refractivity contribution in [2.24, 2.45) is 0 Å². The van der Waals surface area contributed by atoms with Crippen LogP contribution in [0.3, 0.4) is 0 Å². The lowest BCUT2D eigenvalue weighted by Crippen LogP contribution is -1.92. The summed E-state index contributed by atoms with van der Waals surface area (Å²) >= 11 is 0. The van der Waals surface area contributed by atoms with Gasteiger partial charge in [0.15, 0.2) is 5.65 Å². The lowest BCUT2D eigenvalue weighted by molar-refractivity contribution is 0.961. The van der Waals surface area contributed by atoms with Gasteiger partial charge < -0.3 is 4.98 Å². The quantitative estimate of drug-likeness (QED) is 0.616. The zero-order valence-electron chi connectivity index (χ0n) is 12.3. The lowest BCUT2D eigenvalue weighted by Gasteiger charge is -2.04. The van der Waals surface area contributed by atoms with Gasteiger partial charge >= 0.3 is 0 Å². The maximum Gasteiger partial charge on any atom is 0.155 e. The Labute approximate surface area is 126 Å². The van der Waals surface area contributed by atoms with Crippen molar-refractivity contribution in [2.75, 3.05) is 0 Å². The molecule has 0 aromatic carbocycles. The van der Waals surface area contributed by atoms with Crippen LogP contribution in [0.25, 0.3) is 28.3 Å². The Morgan fingerprint density at radius 2 is 1.95 bits per heavy atom. The molecule has 0 radical (unpaired) electrons. The van der Waals surface area contributed by atoms with Crippen LogP contribution in [0.15, 0.2) is 42.9 Å². The van der Waals surface area contributed by atoms with Gasteiger partial charge in [-0.15, -0.1) is 0 Å². The first-order chi connectivity index (χ1) is 10.7. The summed E-state index contributed by atoms with van der Waals surface area (Å²) in [5.41, 5.74) is 5.43. The molecule has 0 bridgehead atoms. The fourth-order valence-electron chi connectivity index (χ4n) is 2.53. The summed E-state index contributed by atoms with van der Waals surface area (Å²) in [6, 6.07) is 9.89. The second-order valence-electron chi connectivity index (χ2n) is 5.19. The van der Waals surface area contributed by atoms with Gasteiger partial charge in [0.25, 0.3) is 0 Å². The van der Waals surface area contributed by atoms with Gasteiger partial charge in [-0.3, -0.25) is 4.98 Å². The van der Waals surface area contributed by atoms with E-state index in [1.165, 1.54) is 6.33 Å². The number of nitrogens with zero attached hydrogens (tertiary/aromatic N) is 5. The van der Waals surface area contributed by atoms with Crippen LogP contribution < -0.4 is 0 Å². The number of aromatic amines is 1. The van der Waals surface area contributed by atoms with Crippen molar-refractivity contribution in [3.63, 3.8) is 0 Å². The Kier molecular flexibility index (Phi) is 2.75. The summed E-state index contributed by atoms with van der Waals surface area (Å²) in [6.45, 7) is 3.92. The average Bonchev–Trinajstić information content (AvgIpc) is 3.12. The van der Waals surface area contributed by atoms with E-state index >= 15 is 0 Å². The van der Waals surface area contributed by atoms with Crippen LogP contribution >= 0.6 is 0 Å². The number of hydrogen-bond donors (Lipinski definition) is 1. The number of pyridine rings is 2. The molecule has 0 spiro atoms. The van der Waals surface area contributed by atoms with Gasteiger partial charge in [0.2, 0.25) is 0 Å². The van der Waals surface area contributed by atoms with Crippen LogP contribution in [-0.2, 0) is 0 Å². The maximum absolute atomic E-state index is 4.62. The summed E-state index contributed by atoms with van der Waals surface area (Å²) in [5, 5.41) is 4.18. The van der Waals surface area contributed by atoms with Crippen LogP contribution in [0.5, 0.6) is 0 Å². The smallest absolute Gasteiger partial charge is 0.155 e. The highest BCUT2D eigenvalue weighted by molar-refractivity contribution is 5.76. The lowest BCUT2D eigenvalue weighted by atomic mass is 10.1. The molecule has 0 aliphatic rings. The molecule has 0 unspecified atom stereocenters. The molecule has 6 heteroatoms. The molecule has 0 saturated carbocycles. The Morgan fingerprint density at radius 3 is 2.82 bits per heavy atom. The van der Waals surface area contributed by atoms with Crippen LogP contribution in [0.2, 0.25) is 0 Å². The van der Waals surface area contributed by atoms with E-state index in [2.05, 4.69) is 25.0 Å². The molecule has 0 saturated heterocycles. The van der Waals surface area contributed by atoms with E-state index in [9.17, 15) is 0 Å². The molecular weight excluding hydrogens is 276 g/mol. The number of H-pyrrole nitrogens is 1. The predicted molar refractivity (Wildman–Crippen MR) is 83.3 cm³/mol. The van der Waals surface area contributed by atoms with Crippen molar-refractivity contribution in [1.82, 2.24) is 29.5 Å². The van der Waals surface area contributed by atoms with Crippen molar-refractivity contribution in [2.45, 2.75) is 13.8 Å². The normalized spacial score (nSPS) is 11.2. The summed E-state index contributed by atoms with van der Waals surface area (Å²) in [6.07, 6.45) is 3.47. The van der Waals surface area contributed by atoms with Gasteiger partial charge in [0.05, 0.1) is 17.1 Å². The number of rotatable bonds is 2. The fourth-order valence-corrected chi connectivity index (χ4v) is 2.53. The highest BCUT2D eigenvalue weighted by Crippen LogP contribution is 2.29. The summed E-state index contributed by atoms with van der Waals surface area (Å²) in [5.74, 6) is 0.854. The Balaban J connectivity index is 1.91. The van der Waals surface area contributed by atoms with Crippen molar-refractivity contribution < 1.29 is 0 Å². The minimum Gasteiger partial charge on any atom is -0.340 e. The molecule has 0 atom stereocenters. The number of aromatic nitrogens is 6. The minimum atomic E-state index is 0.811. The molecule has 4 heterocycles. The highest BCUT2D eigenvalue weighted by atomic mass is 15.3. The molecule has 22 heavy (non-hydrogen) atoms. The zero-order valence-corrected chi connectivity index (χ0v) is 12.3. The van der Waals surface area contributed by atoms with Gasteiger partial charge in [-0.05, 0) is 38.1 Å². The van der Waals surface area contributed by atoms with E-state index in [0.29, 0.717) is 0 Å². The van der Waals surface area contributed by atoms with Gasteiger partial charge in [0, 0.05) is 17.5 Å². The second-order valence-corrected chi connectivity index (χ2v) is 5.19. The summed E-state index contributed by atoms with van der Waals surface area (Å²) in [7, 11) is 0. The van der Waals surface area contributed by atoms with Crippen molar-refractivity contribution in [1.29, 1.82) is 0 Å². The molecule has 108 valence electrons. The van der Waals surface area contributed by atoms with Crippen LogP contribution in [0.4, 0.5) is 0 Å². The molecule has 0 aliphatic heterocycles. The van der Waals surface area contributed by atoms with E-state index in [-0.39, 0.29) is 0 Å². The molecule has 4 rings (SSSR count). The molecule has 4 aromatic heterocycles. The predicted octanol–water partition coefficient (Wildman–Crippen LogP) is 2.80. The minimum absolute atomic E-state index is 0.811. The third-order valence-electron chi connectivity index (χ3n) is 3.51. The molecule has 0 fully saturated rings. The molecule has 4 aromatic rings. The van der Waals surface area contributed by atoms with E-state index in [1.807, 2.05) is 50.4 Å². The van der Waals surface area contributed by atoms with Crippen LogP contribution in [-0.4, -0.2) is 29.5 Å². The van der Waals surface area contributed by atoms with Gasteiger partial charge in [-0.2, -0.15) is 5.10 Å². The average molecular weight is 290 g/mol. The zero-order chi connectivity index (χ0) is 15.1. The third kappa shape index (κ3) is 2.05. The molecule has 0 amide bonds. The van der Waals surface area contributed by atoms with E-state index in [4.69, 9.17) is 0 Å².